The zero-order chi connectivity index (χ0) is 25.6. The standard InChI is InChI=1S/C7H16N2.C6H13N.C6H14.C5H13N3/c1-6(8)9-5-7(2,3)4;1-5(7)6(2,3)4;1-5-6(2,3)4;1-5(2,3)8-4(6)7/h5H2,1-4H3,(H2,8,9);7H,1-4H3;5H2,1-4H3;1-3H3,(H4,6,7,8). The van der Waals surface area contributed by atoms with Crippen LogP contribution in [0, 0.1) is 21.7 Å². The third-order valence-corrected chi connectivity index (χ3v) is 3.45. The van der Waals surface area contributed by atoms with E-state index in [-0.39, 0.29) is 22.3 Å². The molecule has 6 heteroatoms. The topological polar surface area (TPSA) is 127 Å². The van der Waals surface area contributed by atoms with Gasteiger partial charge >= 0.3 is 0 Å². The number of nitrogens with one attached hydrogen (secondary N) is 1. The smallest absolute Gasteiger partial charge is 0.186 e. The van der Waals surface area contributed by atoms with Crippen LogP contribution in [-0.4, -0.2) is 29.6 Å². The van der Waals surface area contributed by atoms with Gasteiger partial charge in [0.1, 0.15) is 0 Å². The van der Waals surface area contributed by atoms with Gasteiger partial charge in [-0.1, -0.05) is 75.7 Å². The molecule has 0 rings (SSSR count). The van der Waals surface area contributed by atoms with Crippen LogP contribution in [0.3, 0.4) is 0 Å². The van der Waals surface area contributed by atoms with E-state index < -0.39 is 0 Å². The first-order valence-corrected chi connectivity index (χ1v) is 10.8. The summed E-state index contributed by atoms with van der Waals surface area (Å²) in [7, 11) is 0. The minimum atomic E-state index is -0.140. The number of hydrogen-bond donors (Lipinski definition) is 4. The van der Waals surface area contributed by atoms with Gasteiger partial charge in [0, 0.05) is 12.3 Å². The van der Waals surface area contributed by atoms with Crippen LogP contribution in [0.5, 0.6) is 0 Å². The molecule has 6 nitrogen and oxygen atoms in total. The van der Waals surface area contributed by atoms with Gasteiger partial charge in [0.25, 0.3) is 0 Å². The van der Waals surface area contributed by atoms with E-state index in [1.807, 2.05) is 55.4 Å². The van der Waals surface area contributed by atoms with Crippen LogP contribution in [-0.2, 0) is 0 Å². The summed E-state index contributed by atoms with van der Waals surface area (Å²) in [6, 6.07) is 0. The van der Waals surface area contributed by atoms with Gasteiger partial charge in [-0.25, -0.2) is 4.99 Å². The molecule has 0 aliphatic heterocycles. The summed E-state index contributed by atoms with van der Waals surface area (Å²) >= 11 is 0. The Morgan fingerprint density at radius 2 is 1.03 bits per heavy atom. The summed E-state index contributed by atoms with van der Waals surface area (Å²) < 4.78 is 0. The Labute approximate surface area is 189 Å². The second-order valence-corrected chi connectivity index (χ2v) is 12.0. The van der Waals surface area contributed by atoms with Crippen molar-refractivity contribution in [2.45, 2.75) is 116 Å². The van der Waals surface area contributed by atoms with E-state index in [4.69, 9.17) is 22.6 Å². The third-order valence-electron chi connectivity index (χ3n) is 3.45. The first-order chi connectivity index (χ1) is 12.8. The van der Waals surface area contributed by atoms with E-state index in [1.54, 1.807) is 0 Å². The summed E-state index contributed by atoms with van der Waals surface area (Å²) in [4.78, 5) is 7.97. The predicted molar refractivity (Wildman–Crippen MR) is 140 cm³/mol. The molecule has 0 bridgehead atoms. The van der Waals surface area contributed by atoms with E-state index in [0.29, 0.717) is 11.3 Å². The lowest BCUT2D eigenvalue weighted by molar-refractivity contribution is 0.398. The van der Waals surface area contributed by atoms with Gasteiger partial charge in [-0.2, -0.15) is 0 Å². The highest BCUT2D eigenvalue weighted by Crippen LogP contribution is 2.16. The molecule has 0 amide bonds. The van der Waals surface area contributed by atoms with Crippen molar-refractivity contribution in [2.24, 2.45) is 43.4 Å². The van der Waals surface area contributed by atoms with Crippen molar-refractivity contribution in [3.05, 3.63) is 0 Å². The minimum absolute atomic E-state index is 0.0833. The molecule has 7 N–H and O–H groups in total. The highest BCUT2D eigenvalue weighted by Gasteiger charge is 2.11. The summed E-state index contributed by atoms with van der Waals surface area (Å²) in [6.07, 6.45) is 1.27. The number of nitrogens with two attached hydrogens (primary N) is 3. The molecule has 0 saturated heterocycles. The molecule has 0 saturated carbocycles. The second kappa shape index (κ2) is 15.2. The number of aliphatic imine (C=N–C) groups is 2. The minimum Gasteiger partial charge on any atom is -0.388 e. The van der Waals surface area contributed by atoms with Crippen LogP contribution in [0.4, 0.5) is 0 Å². The molecule has 0 aromatic heterocycles. The van der Waals surface area contributed by atoms with Crippen LogP contribution in [0.2, 0.25) is 0 Å². The predicted octanol–water partition coefficient (Wildman–Crippen LogP) is 5.98. The van der Waals surface area contributed by atoms with Crippen LogP contribution in [0.15, 0.2) is 9.98 Å². The van der Waals surface area contributed by atoms with Gasteiger partial charge in [-0.3, -0.25) is 4.99 Å². The highest BCUT2D eigenvalue weighted by atomic mass is 15.0. The van der Waals surface area contributed by atoms with Gasteiger partial charge < -0.3 is 22.6 Å². The molecular weight excluding hydrogens is 372 g/mol. The van der Waals surface area contributed by atoms with Crippen LogP contribution < -0.4 is 17.2 Å². The molecule has 0 aromatic carbocycles. The van der Waals surface area contributed by atoms with E-state index in [1.165, 1.54) is 6.42 Å². The Kier molecular flexibility index (Phi) is 18.2. The first kappa shape index (κ1) is 35.8. The number of hydrogen-bond acceptors (Lipinski definition) is 3. The van der Waals surface area contributed by atoms with Crippen LogP contribution >= 0.6 is 0 Å². The highest BCUT2D eigenvalue weighted by molar-refractivity contribution is 5.83. The lowest BCUT2D eigenvalue weighted by atomic mass is 9.91. The largest absolute Gasteiger partial charge is 0.388 e. The van der Waals surface area contributed by atoms with Crippen molar-refractivity contribution in [3.63, 3.8) is 0 Å². The summed E-state index contributed by atoms with van der Waals surface area (Å²) in [5, 5.41) is 7.15. The third kappa shape index (κ3) is 50.3. The average Bonchev–Trinajstić information content (AvgIpc) is 2.42. The van der Waals surface area contributed by atoms with Crippen molar-refractivity contribution in [2.75, 3.05) is 6.54 Å². The molecular formula is C24H56N6. The molecule has 0 unspecified atom stereocenters. The van der Waals surface area contributed by atoms with E-state index in [2.05, 4.69) is 58.5 Å². The van der Waals surface area contributed by atoms with Crippen molar-refractivity contribution in [3.8, 4) is 0 Å². The molecule has 0 heterocycles. The van der Waals surface area contributed by atoms with Crippen molar-refractivity contribution in [1.82, 2.24) is 0 Å². The monoisotopic (exact) mass is 428 g/mol. The van der Waals surface area contributed by atoms with Gasteiger partial charge in [0.15, 0.2) is 5.96 Å². The Balaban J connectivity index is -0.000000152. The fourth-order valence-corrected chi connectivity index (χ4v) is 0.749. The fourth-order valence-electron chi connectivity index (χ4n) is 0.749. The van der Waals surface area contributed by atoms with Crippen molar-refractivity contribution in [1.29, 1.82) is 5.41 Å². The fraction of sp³-hybridized carbons (Fsp3) is 0.875. The Morgan fingerprint density at radius 3 is 1.07 bits per heavy atom. The van der Waals surface area contributed by atoms with Gasteiger partial charge in [-0.15, -0.1) is 0 Å². The number of guanidine groups is 1. The summed E-state index contributed by atoms with van der Waals surface area (Å²) in [6.45, 7) is 31.7. The van der Waals surface area contributed by atoms with Crippen LogP contribution in [0.1, 0.15) is 110 Å². The first-order valence-electron chi connectivity index (χ1n) is 10.8. The lowest BCUT2D eigenvalue weighted by Crippen LogP contribution is -2.27. The quantitative estimate of drug-likeness (QED) is 0.303. The zero-order valence-corrected chi connectivity index (χ0v) is 23.0. The molecule has 182 valence electrons. The summed E-state index contributed by atoms with van der Waals surface area (Å²) in [5.41, 5.74) is 17.1. The molecule has 0 radical (unpaired) electrons. The number of nitrogens with zero attached hydrogens (tertiary/aromatic N) is 2. The molecule has 0 spiro atoms. The second-order valence-electron chi connectivity index (χ2n) is 12.0. The van der Waals surface area contributed by atoms with E-state index in [9.17, 15) is 0 Å². The Hall–Kier alpha value is -1.59. The number of amidine groups is 1. The Morgan fingerprint density at radius 1 is 0.733 bits per heavy atom. The molecule has 30 heavy (non-hydrogen) atoms. The maximum atomic E-state index is 7.15. The molecule has 0 atom stereocenters. The van der Waals surface area contributed by atoms with E-state index >= 15 is 0 Å². The van der Waals surface area contributed by atoms with Crippen molar-refractivity contribution >= 4 is 17.5 Å². The Bertz CT molecular complexity index is 496. The SMILES string of the molecule is CC(=N)C(C)(C)C.CC(C)(C)N=C(N)N.CC(N)=NCC(C)(C)C.CCC(C)(C)C. The van der Waals surface area contributed by atoms with E-state index in [0.717, 1.165) is 12.3 Å². The molecule has 0 aromatic rings. The summed E-state index contributed by atoms with van der Waals surface area (Å²) in [5.74, 6) is 0.822. The lowest BCUT2D eigenvalue weighted by Gasteiger charge is -2.14. The van der Waals surface area contributed by atoms with Crippen LogP contribution in [0.25, 0.3) is 0 Å². The maximum absolute atomic E-state index is 7.15. The molecule has 0 fully saturated rings. The average molecular weight is 429 g/mol. The molecule has 0 aliphatic carbocycles. The van der Waals surface area contributed by atoms with Gasteiger partial charge in [0.2, 0.25) is 0 Å². The zero-order valence-electron chi connectivity index (χ0n) is 23.0. The molecule has 0 aliphatic rings. The normalized spacial score (nSPS) is 12.2. The van der Waals surface area contributed by atoms with Gasteiger partial charge in [-0.05, 0) is 50.9 Å². The number of rotatable bonds is 1. The van der Waals surface area contributed by atoms with Gasteiger partial charge in [0.05, 0.1) is 11.4 Å². The van der Waals surface area contributed by atoms with Crippen molar-refractivity contribution < 1.29 is 0 Å². The maximum Gasteiger partial charge on any atom is 0.186 e.